The zero-order valence-corrected chi connectivity index (χ0v) is 23.8. The standard InChI is InChI=1S/C29H40N6O5/c1-21(2)11-12-30-29(37)28(23-10-9-22(38-3)19-26(23)39-4)34(14-13-33-15-17-40-18-16-33)27(36)20-35-25-8-6-5-7-24(25)31-32-35/h5-10,19,21,28H,11-18,20H2,1-4H3,(H,30,37)/t28-/m0/s1. The van der Waals surface area contributed by atoms with E-state index in [0.29, 0.717) is 61.3 Å². The third kappa shape index (κ3) is 7.28. The van der Waals surface area contributed by atoms with E-state index in [4.69, 9.17) is 14.2 Å². The molecule has 40 heavy (non-hydrogen) atoms. The number of nitrogens with zero attached hydrogens (tertiary/aromatic N) is 5. The van der Waals surface area contributed by atoms with Crippen LogP contribution >= 0.6 is 0 Å². The number of benzene rings is 2. The normalized spacial score (nSPS) is 14.7. The largest absolute Gasteiger partial charge is 0.497 e. The molecule has 1 N–H and O–H groups in total. The molecule has 1 aliphatic heterocycles. The van der Waals surface area contributed by atoms with Crippen molar-refractivity contribution in [1.29, 1.82) is 0 Å². The number of nitrogens with one attached hydrogen (secondary N) is 1. The highest BCUT2D eigenvalue weighted by Gasteiger charge is 2.34. The van der Waals surface area contributed by atoms with E-state index in [9.17, 15) is 9.59 Å². The second-order valence-electron chi connectivity index (χ2n) is 10.3. The Morgan fingerprint density at radius 3 is 2.60 bits per heavy atom. The molecule has 3 aromatic rings. The highest BCUT2D eigenvalue weighted by molar-refractivity contribution is 5.90. The summed E-state index contributed by atoms with van der Waals surface area (Å²) >= 11 is 0. The number of hydrogen-bond donors (Lipinski definition) is 1. The van der Waals surface area contributed by atoms with E-state index in [1.807, 2.05) is 24.3 Å². The molecule has 11 nitrogen and oxygen atoms in total. The molecule has 2 amide bonds. The van der Waals surface area contributed by atoms with Crippen molar-refractivity contribution in [3.63, 3.8) is 0 Å². The predicted octanol–water partition coefficient (Wildman–Crippen LogP) is 2.51. The van der Waals surface area contributed by atoms with Crippen LogP contribution in [0.15, 0.2) is 42.5 Å². The van der Waals surface area contributed by atoms with Crippen LogP contribution in [-0.4, -0.2) is 96.8 Å². The second-order valence-corrected chi connectivity index (χ2v) is 10.3. The monoisotopic (exact) mass is 552 g/mol. The fourth-order valence-corrected chi connectivity index (χ4v) is 4.80. The van der Waals surface area contributed by atoms with Crippen molar-refractivity contribution in [2.24, 2.45) is 5.92 Å². The van der Waals surface area contributed by atoms with Gasteiger partial charge in [0.05, 0.1) is 33.0 Å². The van der Waals surface area contributed by atoms with Gasteiger partial charge in [-0.3, -0.25) is 14.5 Å². The Morgan fingerprint density at radius 1 is 1.10 bits per heavy atom. The van der Waals surface area contributed by atoms with Gasteiger partial charge in [-0.25, -0.2) is 4.68 Å². The molecule has 1 atom stereocenters. The molecule has 1 aliphatic rings. The summed E-state index contributed by atoms with van der Waals surface area (Å²) in [4.78, 5) is 31.9. The lowest BCUT2D eigenvalue weighted by molar-refractivity contribution is -0.142. The van der Waals surface area contributed by atoms with Crippen molar-refractivity contribution in [3.05, 3.63) is 48.0 Å². The Kier molecular flexibility index (Phi) is 10.3. The van der Waals surface area contributed by atoms with E-state index in [1.165, 1.54) is 0 Å². The summed E-state index contributed by atoms with van der Waals surface area (Å²) in [5.74, 6) is 0.987. The van der Waals surface area contributed by atoms with Gasteiger partial charge in [-0.2, -0.15) is 0 Å². The van der Waals surface area contributed by atoms with Gasteiger partial charge in [-0.15, -0.1) is 5.10 Å². The van der Waals surface area contributed by atoms with E-state index in [2.05, 4.69) is 34.4 Å². The summed E-state index contributed by atoms with van der Waals surface area (Å²) in [6.07, 6.45) is 0.824. The van der Waals surface area contributed by atoms with Gasteiger partial charge in [0, 0.05) is 44.4 Å². The molecule has 0 unspecified atom stereocenters. The van der Waals surface area contributed by atoms with Gasteiger partial charge < -0.3 is 24.4 Å². The number of methoxy groups -OCH3 is 2. The third-order valence-electron chi connectivity index (χ3n) is 7.10. The van der Waals surface area contributed by atoms with E-state index in [-0.39, 0.29) is 18.4 Å². The van der Waals surface area contributed by atoms with Crippen LogP contribution in [-0.2, 0) is 20.9 Å². The van der Waals surface area contributed by atoms with Crippen LogP contribution in [0.4, 0.5) is 0 Å². The van der Waals surface area contributed by atoms with Gasteiger partial charge in [-0.1, -0.05) is 31.2 Å². The molecule has 1 fully saturated rings. The second kappa shape index (κ2) is 14.1. The van der Waals surface area contributed by atoms with Crippen LogP contribution in [0.3, 0.4) is 0 Å². The number of rotatable bonds is 13. The van der Waals surface area contributed by atoms with E-state index in [1.54, 1.807) is 42.0 Å². The van der Waals surface area contributed by atoms with Gasteiger partial charge in [-0.05, 0) is 36.6 Å². The van der Waals surface area contributed by atoms with Gasteiger partial charge in [0.1, 0.15) is 29.6 Å². The molecule has 1 saturated heterocycles. The Morgan fingerprint density at radius 2 is 1.88 bits per heavy atom. The lowest BCUT2D eigenvalue weighted by Crippen LogP contribution is -2.49. The Labute approximate surface area is 235 Å². The smallest absolute Gasteiger partial charge is 0.247 e. The van der Waals surface area contributed by atoms with E-state index < -0.39 is 6.04 Å². The molecular weight excluding hydrogens is 512 g/mol. The van der Waals surface area contributed by atoms with Crippen molar-refractivity contribution in [3.8, 4) is 11.5 Å². The van der Waals surface area contributed by atoms with Crippen LogP contribution in [0.2, 0.25) is 0 Å². The summed E-state index contributed by atoms with van der Waals surface area (Å²) in [6, 6.07) is 11.9. The number of carbonyl (C=O) groups excluding carboxylic acids is 2. The number of carbonyl (C=O) groups is 2. The molecule has 0 spiro atoms. The summed E-state index contributed by atoms with van der Waals surface area (Å²) in [5, 5.41) is 11.5. The Hall–Kier alpha value is -3.70. The molecule has 0 aliphatic carbocycles. The lowest BCUT2D eigenvalue weighted by atomic mass is 10.0. The molecule has 0 radical (unpaired) electrons. The first-order valence-electron chi connectivity index (χ1n) is 13.8. The average Bonchev–Trinajstić information content (AvgIpc) is 3.37. The molecule has 2 heterocycles. The molecule has 11 heteroatoms. The molecule has 0 bridgehead atoms. The quantitative estimate of drug-likeness (QED) is 0.344. The van der Waals surface area contributed by atoms with E-state index >= 15 is 0 Å². The maximum atomic E-state index is 14.1. The maximum absolute atomic E-state index is 14.1. The number of fused-ring (bicyclic) bond motifs is 1. The summed E-state index contributed by atoms with van der Waals surface area (Å²) in [6.45, 7) is 8.43. The van der Waals surface area contributed by atoms with Gasteiger partial charge >= 0.3 is 0 Å². The fraction of sp³-hybridized carbons (Fsp3) is 0.517. The Bertz CT molecular complexity index is 1270. The molecule has 0 saturated carbocycles. The van der Waals surface area contributed by atoms with Crippen LogP contribution < -0.4 is 14.8 Å². The van der Waals surface area contributed by atoms with Crippen molar-refractivity contribution in [1.82, 2.24) is 30.1 Å². The minimum absolute atomic E-state index is 0.0577. The minimum Gasteiger partial charge on any atom is -0.497 e. The molecule has 1 aromatic heterocycles. The van der Waals surface area contributed by atoms with E-state index in [0.717, 1.165) is 25.0 Å². The van der Waals surface area contributed by atoms with Gasteiger partial charge in [0.2, 0.25) is 11.8 Å². The molecule has 4 rings (SSSR count). The topological polar surface area (TPSA) is 111 Å². The first-order valence-corrected chi connectivity index (χ1v) is 13.8. The van der Waals surface area contributed by atoms with Gasteiger partial charge in [0.25, 0.3) is 0 Å². The number of amides is 2. The SMILES string of the molecule is COc1ccc([C@@H](C(=O)NCCC(C)C)N(CCN2CCOCC2)C(=O)Cn2nnc3ccccc32)c(OC)c1. The molecular formula is C29H40N6O5. The summed E-state index contributed by atoms with van der Waals surface area (Å²) in [7, 11) is 3.12. The number of aromatic nitrogens is 3. The molecule has 2 aromatic carbocycles. The minimum atomic E-state index is -0.920. The third-order valence-corrected chi connectivity index (χ3v) is 7.10. The fourth-order valence-electron chi connectivity index (χ4n) is 4.80. The van der Waals surface area contributed by atoms with Crippen LogP contribution in [0.25, 0.3) is 11.0 Å². The van der Waals surface area contributed by atoms with Gasteiger partial charge in [0.15, 0.2) is 0 Å². The van der Waals surface area contributed by atoms with Crippen molar-refractivity contribution < 1.29 is 23.8 Å². The highest BCUT2D eigenvalue weighted by Crippen LogP contribution is 2.33. The predicted molar refractivity (Wildman–Crippen MR) is 151 cm³/mol. The van der Waals surface area contributed by atoms with Crippen LogP contribution in [0.1, 0.15) is 31.9 Å². The van der Waals surface area contributed by atoms with Crippen LogP contribution in [0.5, 0.6) is 11.5 Å². The summed E-state index contributed by atoms with van der Waals surface area (Å²) < 4.78 is 18.2. The number of hydrogen-bond acceptors (Lipinski definition) is 8. The zero-order chi connectivity index (χ0) is 28.5. The molecule has 216 valence electrons. The number of para-hydroxylation sites is 1. The zero-order valence-electron chi connectivity index (χ0n) is 23.8. The summed E-state index contributed by atoms with van der Waals surface area (Å²) in [5.41, 5.74) is 2.04. The number of morpholine rings is 1. The first-order chi connectivity index (χ1) is 19.4. The maximum Gasteiger partial charge on any atom is 0.247 e. The number of ether oxygens (including phenoxy) is 3. The Balaban J connectivity index is 1.70. The average molecular weight is 553 g/mol. The first kappa shape index (κ1) is 29.3. The van der Waals surface area contributed by atoms with Crippen molar-refractivity contribution in [2.45, 2.75) is 32.9 Å². The highest BCUT2D eigenvalue weighted by atomic mass is 16.5. The van der Waals surface area contributed by atoms with Crippen LogP contribution in [0, 0.1) is 5.92 Å². The van der Waals surface area contributed by atoms with Crippen molar-refractivity contribution >= 4 is 22.8 Å². The van der Waals surface area contributed by atoms with Crippen molar-refractivity contribution in [2.75, 3.05) is 60.2 Å². The lowest BCUT2D eigenvalue weighted by Gasteiger charge is -2.35.